The van der Waals surface area contributed by atoms with E-state index in [2.05, 4.69) is 0 Å². The van der Waals surface area contributed by atoms with Crippen LogP contribution < -0.4 is 4.90 Å². The summed E-state index contributed by atoms with van der Waals surface area (Å²) in [7, 11) is 1.41. The van der Waals surface area contributed by atoms with Gasteiger partial charge in [-0.2, -0.15) is 26.3 Å². The lowest BCUT2D eigenvalue weighted by atomic mass is 9.70. The molecule has 5 atom stereocenters. The Kier molecular flexibility index (Phi) is 5.90. The first-order valence-corrected chi connectivity index (χ1v) is 11.8. The van der Waals surface area contributed by atoms with Crippen LogP contribution in [0.2, 0.25) is 0 Å². The van der Waals surface area contributed by atoms with Gasteiger partial charge in [-0.3, -0.25) is 19.3 Å². The van der Waals surface area contributed by atoms with Gasteiger partial charge in [0.1, 0.15) is 6.23 Å². The Bertz CT molecular complexity index is 1350. The van der Waals surface area contributed by atoms with Gasteiger partial charge in [-0.05, 0) is 49.1 Å². The number of hydrogen-bond acceptors (Lipinski definition) is 4. The lowest BCUT2D eigenvalue weighted by Gasteiger charge is -2.30. The van der Waals surface area contributed by atoms with E-state index in [9.17, 15) is 45.8 Å². The smallest absolute Gasteiger partial charge is 0.373 e. The standard InChI is InChI=1S/C26H22F6N2O4/c1-11-3-5-13(19(7-11)25(27,28)29)14-6-4-12(8-20(14)26(30,31)32)34-23(37)17-9-15-16(10-18(17)24(34)38)22(36)33(2)21(15)35/h3-8,15-18,21,35H,9-10H2,1-2H3. The number of imide groups is 1. The average Bonchev–Trinajstić information content (AvgIpc) is 3.21. The monoisotopic (exact) mass is 540 g/mol. The molecule has 2 aliphatic heterocycles. The van der Waals surface area contributed by atoms with E-state index in [1.54, 1.807) is 0 Å². The Morgan fingerprint density at radius 1 is 0.763 bits per heavy atom. The van der Waals surface area contributed by atoms with Gasteiger partial charge in [0.25, 0.3) is 0 Å². The van der Waals surface area contributed by atoms with E-state index in [0.29, 0.717) is 11.0 Å². The van der Waals surface area contributed by atoms with Crippen LogP contribution in [-0.2, 0) is 26.7 Å². The van der Waals surface area contributed by atoms with Crippen molar-refractivity contribution in [3.05, 3.63) is 53.1 Å². The predicted octanol–water partition coefficient (Wildman–Crippen LogP) is 4.62. The summed E-state index contributed by atoms with van der Waals surface area (Å²) in [5.41, 5.74) is -4.30. The zero-order chi connectivity index (χ0) is 27.9. The van der Waals surface area contributed by atoms with Crippen LogP contribution in [0.15, 0.2) is 36.4 Å². The van der Waals surface area contributed by atoms with Crippen LogP contribution >= 0.6 is 0 Å². The van der Waals surface area contributed by atoms with E-state index in [-0.39, 0.29) is 24.3 Å². The van der Waals surface area contributed by atoms with Crippen LogP contribution in [0.3, 0.4) is 0 Å². The third-order valence-corrected chi connectivity index (χ3v) is 7.89. The van der Waals surface area contributed by atoms with Crippen molar-refractivity contribution in [2.24, 2.45) is 23.7 Å². The molecular formula is C26H22F6N2O4. The number of aliphatic hydroxyl groups excluding tert-OH is 1. The van der Waals surface area contributed by atoms with E-state index < -0.39 is 82.0 Å². The van der Waals surface area contributed by atoms with Crippen LogP contribution in [0, 0.1) is 30.6 Å². The summed E-state index contributed by atoms with van der Waals surface area (Å²) in [5.74, 6) is -5.08. The highest BCUT2D eigenvalue weighted by Gasteiger charge is 2.59. The van der Waals surface area contributed by atoms with Gasteiger partial charge in [-0.1, -0.05) is 23.8 Å². The summed E-state index contributed by atoms with van der Waals surface area (Å²) >= 11 is 0. The number of carbonyl (C=O) groups excluding carboxylic acids is 3. The lowest BCUT2D eigenvalue weighted by Crippen LogP contribution is -2.36. The number of fused-ring (bicyclic) bond motifs is 2. The van der Waals surface area contributed by atoms with Gasteiger partial charge >= 0.3 is 12.4 Å². The second kappa shape index (κ2) is 8.55. The van der Waals surface area contributed by atoms with E-state index >= 15 is 0 Å². The number of anilines is 1. The predicted molar refractivity (Wildman–Crippen MR) is 121 cm³/mol. The van der Waals surface area contributed by atoms with Crippen LogP contribution in [0.25, 0.3) is 11.1 Å². The highest BCUT2D eigenvalue weighted by Crippen LogP contribution is 2.50. The molecular weight excluding hydrogens is 518 g/mol. The van der Waals surface area contributed by atoms with Crippen LogP contribution in [0.4, 0.5) is 32.0 Å². The molecule has 6 nitrogen and oxygen atoms in total. The Morgan fingerprint density at radius 2 is 1.29 bits per heavy atom. The summed E-state index contributed by atoms with van der Waals surface area (Å²) in [6.45, 7) is 1.38. The first-order valence-electron chi connectivity index (χ1n) is 11.8. The number of rotatable bonds is 2. The van der Waals surface area contributed by atoms with Gasteiger partial charge < -0.3 is 10.0 Å². The maximum absolute atomic E-state index is 14.1. The third-order valence-electron chi connectivity index (χ3n) is 7.89. The molecule has 202 valence electrons. The van der Waals surface area contributed by atoms with Crippen molar-refractivity contribution in [1.29, 1.82) is 0 Å². The number of alkyl halides is 6. The quantitative estimate of drug-likeness (QED) is 0.446. The Balaban J connectivity index is 1.56. The van der Waals surface area contributed by atoms with Gasteiger partial charge in [0.05, 0.1) is 28.7 Å². The number of amides is 3. The SMILES string of the molecule is Cc1ccc(-c2ccc(N3C(=O)C4CC5C(=O)N(C)C(O)C5CC4C3=O)cc2C(F)(F)F)c(C(F)(F)F)c1. The largest absolute Gasteiger partial charge is 0.417 e. The van der Waals surface area contributed by atoms with Crippen LogP contribution in [0.1, 0.15) is 29.5 Å². The van der Waals surface area contributed by atoms with E-state index in [1.807, 2.05) is 0 Å². The molecule has 3 aliphatic rings. The van der Waals surface area contributed by atoms with Crippen molar-refractivity contribution >= 4 is 23.4 Å². The van der Waals surface area contributed by atoms with Gasteiger partial charge in [0, 0.05) is 18.9 Å². The molecule has 0 aromatic heterocycles. The minimum Gasteiger partial charge on any atom is -0.373 e. The van der Waals surface area contributed by atoms with Crippen LogP contribution in [0.5, 0.6) is 0 Å². The van der Waals surface area contributed by atoms with Crippen molar-refractivity contribution in [3.8, 4) is 11.1 Å². The number of benzene rings is 2. The van der Waals surface area contributed by atoms with Crippen molar-refractivity contribution in [1.82, 2.24) is 4.90 Å². The molecule has 1 saturated carbocycles. The molecule has 2 aromatic rings. The molecule has 0 bridgehead atoms. The maximum Gasteiger partial charge on any atom is 0.417 e. The molecule has 0 radical (unpaired) electrons. The first-order chi connectivity index (χ1) is 17.6. The fourth-order valence-electron chi connectivity index (χ4n) is 6.04. The number of hydrogen-bond donors (Lipinski definition) is 1. The normalized spacial score (nSPS) is 27.7. The molecule has 38 heavy (non-hydrogen) atoms. The number of halogens is 6. The second-order valence-electron chi connectivity index (χ2n) is 10.1. The molecule has 0 spiro atoms. The minimum atomic E-state index is -5.10. The molecule has 3 amide bonds. The zero-order valence-electron chi connectivity index (χ0n) is 20.1. The summed E-state index contributed by atoms with van der Waals surface area (Å²) in [6, 6.07) is 5.34. The number of likely N-dealkylation sites (tertiary alicyclic amines) is 1. The highest BCUT2D eigenvalue weighted by atomic mass is 19.4. The van der Waals surface area contributed by atoms with Crippen molar-refractivity contribution < 1.29 is 45.8 Å². The third kappa shape index (κ3) is 3.96. The fourth-order valence-corrected chi connectivity index (χ4v) is 6.04. The topological polar surface area (TPSA) is 77.9 Å². The van der Waals surface area contributed by atoms with E-state index in [4.69, 9.17) is 0 Å². The Morgan fingerprint density at radius 3 is 1.87 bits per heavy atom. The first kappa shape index (κ1) is 26.2. The Hall–Kier alpha value is -3.41. The fraction of sp³-hybridized carbons (Fsp3) is 0.423. The van der Waals surface area contributed by atoms with Gasteiger partial charge in [-0.25, -0.2) is 0 Å². The van der Waals surface area contributed by atoms with Crippen LogP contribution in [-0.4, -0.2) is 41.0 Å². The molecule has 2 aromatic carbocycles. The second-order valence-corrected chi connectivity index (χ2v) is 10.1. The number of nitrogens with zero attached hydrogens (tertiary/aromatic N) is 2. The number of aryl methyl sites for hydroxylation is 1. The number of carbonyl (C=O) groups is 3. The van der Waals surface area contributed by atoms with Gasteiger partial charge in [0.15, 0.2) is 0 Å². The maximum atomic E-state index is 14.1. The molecule has 12 heteroatoms. The molecule has 3 fully saturated rings. The van der Waals surface area contributed by atoms with Crippen molar-refractivity contribution in [2.75, 3.05) is 11.9 Å². The molecule has 2 saturated heterocycles. The minimum absolute atomic E-state index is 0.0101. The summed E-state index contributed by atoms with van der Waals surface area (Å²) < 4.78 is 83.5. The summed E-state index contributed by atoms with van der Waals surface area (Å²) in [4.78, 5) is 40.7. The molecule has 5 unspecified atom stereocenters. The summed E-state index contributed by atoms with van der Waals surface area (Å²) in [6.07, 6.45) is -11.2. The van der Waals surface area contributed by atoms with E-state index in [1.165, 1.54) is 20.0 Å². The lowest BCUT2D eigenvalue weighted by molar-refractivity contribution is -0.139. The molecule has 1 aliphatic carbocycles. The van der Waals surface area contributed by atoms with Crippen molar-refractivity contribution in [3.63, 3.8) is 0 Å². The molecule has 2 heterocycles. The number of aliphatic hydroxyl groups is 1. The van der Waals surface area contributed by atoms with Crippen molar-refractivity contribution in [2.45, 2.75) is 38.3 Å². The summed E-state index contributed by atoms with van der Waals surface area (Å²) in [5, 5.41) is 10.4. The van der Waals surface area contributed by atoms with Gasteiger partial charge in [0.2, 0.25) is 17.7 Å². The van der Waals surface area contributed by atoms with E-state index in [0.717, 1.165) is 29.2 Å². The molecule has 1 N–H and O–H groups in total. The molecule has 5 rings (SSSR count). The zero-order valence-corrected chi connectivity index (χ0v) is 20.1. The highest BCUT2D eigenvalue weighted by molar-refractivity contribution is 6.22. The van der Waals surface area contributed by atoms with Gasteiger partial charge in [-0.15, -0.1) is 0 Å². The Labute approximate surface area is 212 Å². The average molecular weight is 540 g/mol.